The van der Waals surface area contributed by atoms with E-state index < -0.39 is 0 Å². The van der Waals surface area contributed by atoms with E-state index >= 15 is 0 Å². The van der Waals surface area contributed by atoms with Crippen LogP contribution in [0, 0.1) is 0 Å². The van der Waals surface area contributed by atoms with Crippen molar-refractivity contribution in [2.45, 2.75) is 25.4 Å². The van der Waals surface area contributed by atoms with Gasteiger partial charge in [-0.05, 0) is 60.8 Å². The fourth-order valence-corrected chi connectivity index (χ4v) is 5.23. The second kappa shape index (κ2) is 14.8. The summed E-state index contributed by atoms with van der Waals surface area (Å²) >= 11 is 0. The number of rotatable bonds is 6. The van der Waals surface area contributed by atoms with E-state index in [1.165, 1.54) is 0 Å². The van der Waals surface area contributed by atoms with E-state index in [0.29, 0.717) is 24.6 Å². The second-order valence-corrected chi connectivity index (χ2v) is 9.96. The Morgan fingerprint density at radius 1 is 1.02 bits per heavy atom. The van der Waals surface area contributed by atoms with Crippen molar-refractivity contribution in [2.24, 2.45) is 5.73 Å². The van der Waals surface area contributed by atoms with Gasteiger partial charge in [-0.1, -0.05) is 12.1 Å². The summed E-state index contributed by atoms with van der Waals surface area (Å²) in [6.07, 6.45) is 5.47. The molecule has 1 atom stereocenters. The third-order valence-corrected chi connectivity index (χ3v) is 7.17. The van der Waals surface area contributed by atoms with Gasteiger partial charge in [-0.25, -0.2) is 9.97 Å². The van der Waals surface area contributed by atoms with Gasteiger partial charge in [-0.3, -0.25) is 14.7 Å². The van der Waals surface area contributed by atoms with Crippen LogP contribution in [0.1, 0.15) is 28.9 Å². The van der Waals surface area contributed by atoms with Crippen LogP contribution in [0.5, 0.6) is 0 Å². The lowest BCUT2D eigenvalue weighted by Crippen LogP contribution is -2.42. The van der Waals surface area contributed by atoms with Crippen LogP contribution in [0.15, 0.2) is 55.0 Å². The molecule has 2 fully saturated rings. The number of aromatic nitrogens is 4. The fourth-order valence-electron chi connectivity index (χ4n) is 5.23. The van der Waals surface area contributed by atoms with E-state index in [1.807, 2.05) is 36.4 Å². The number of nitrogens with two attached hydrogens (primary N) is 1. The summed E-state index contributed by atoms with van der Waals surface area (Å²) < 4.78 is 5.48. The molecule has 0 spiro atoms. The van der Waals surface area contributed by atoms with E-state index in [1.54, 1.807) is 12.5 Å². The minimum absolute atomic E-state index is 0. The van der Waals surface area contributed by atoms with Gasteiger partial charge in [-0.2, -0.15) is 0 Å². The van der Waals surface area contributed by atoms with Crippen molar-refractivity contribution in [3.05, 3.63) is 66.2 Å². The highest BCUT2D eigenvalue weighted by molar-refractivity contribution is 6.03. The highest BCUT2D eigenvalue weighted by Crippen LogP contribution is 2.29. The van der Waals surface area contributed by atoms with Crippen molar-refractivity contribution >= 4 is 65.7 Å². The van der Waals surface area contributed by atoms with E-state index in [-0.39, 0.29) is 49.2 Å². The number of likely N-dealkylation sites (tertiary alicyclic amines) is 1. The SMILES string of the molecule is Cl.Cl.Cl.N[C@@H]1CCCN(Cc2ccnc(C(=O)Nc3ccc(-c4cc5c(N6CCOCC6)ncnc5[nH]4)cc3)c2)C1. The lowest BCUT2D eigenvalue weighted by atomic mass is 10.1. The molecule has 2 aliphatic rings. The summed E-state index contributed by atoms with van der Waals surface area (Å²) in [5, 5.41) is 3.95. The number of halogens is 3. The zero-order valence-corrected chi connectivity index (χ0v) is 24.9. The van der Waals surface area contributed by atoms with Crippen molar-refractivity contribution in [3.8, 4) is 11.3 Å². The number of carbonyl (C=O) groups is 1. The fraction of sp³-hybridized carbons (Fsp3) is 0.357. The maximum Gasteiger partial charge on any atom is 0.274 e. The van der Waals surface area contributed by atoms with Crippen molar-refractivity contribution in [3.63, 3.8) is 0 Å². The first-order valence-electron chi connectivity index (χ1n) is 13.1. The smallest absolute Gasteiger partial charge is 0.274 e. The number of piperidine rings is 1. The van der Waals surface area contributed by atoms with Crippen LogP contribution in [0.25, 0.3) is 22.3 Å². The van der Waals surface area contributed by atoms with Crippen LogP contribution >= 0.6 is 37.2 Å². The lowest BCUT2D eigenvalue weighted by Gasteiger charge is -2.30. The van der Waals surface area contributed by atoms with Crippen molar-refractivity contribution in [2.75, 3.05) is 49.6 Å². The third kappa shape index (κ3) is 7.65. The van der Waals surface area contributed by atoms with Gasteiger partial charge in [0.1, 0.15) is 23.5 Å². The van der Waals surface area contributed by atoms with Gasteiger partial charge in [0.05, 0.1) is 18.6 Å². The topological polar surface area (TPSA) is 125 Å². The van der Waals surface area contributed by atoms with Crippen LogP contribution < -0.4 is 16.0 Å². The standard InChI is InChI=1S/C28H32N8O2.3ClH/c29-21-2-1-9-35(17-21)16-19-7-8-30-25(14-19)28(37)33-22-5-3-20(4-6-22)24-15-23-26(34-24)31-18-32-27(23)36-10-12-38-13-11-36;;;/h3-8,14-15,18,21H,1-2,9-13,16-17,29H2,(H,33,37)(H,31,32,34);3*1H/t21-;;;/m1.../s1. The van der Waals surface area contributed by atoms with Crippen molar-refractivity contribution < 1.29 is 9.53 Å². The number of morpholine rings is 1. The average molecular weight is 622 g/mol. The number of pyridine rings is 1. The Bertz CT molecular complexity index is 1430. The van der Waals surface area contributed by atoms with E-state index in [9.17, 15) is 4.79 Å². The first-order chi connectivity index (χ1) is 18.6. The van der Waals surface area contributed by atoms with Crippen LogP contribution in [-0.4, -0.2) is 76.2 Å². The molecule has 1 amide bonds. The normalized spacial score (nSPS) is 17.2. The number of H-pyrrole nitrogens is 1. The Morgan fingerprint density at radius 2 is 1.80 bits per heavy atom. The molecule has 10 nitrogen and oxygen atoms in total. The Labute approximate surface area is 257 Å². The Morgan fingerprint density at radius 3 is 2.56 bits per heavy atom. The number of hydrogen-bond donors (Lipinski definition) is 3. The molecule has 4 aromatic rings. The Balaban J connectivity index is 0.00000154. The quantitative estimate of drug-likeness (QED) is 0.291. The number of nitrogens with zero attached hydrogens (tertiary/aromatic N) is 5. The Hall–Kier alpha value is -2.99. The number of carbonyl (C=O) groups excluding carboxylic acids is 1. The molecule has 2 aliphatic heterocycles. The van der Waals surface area contributed by atoms with Gasteiger partial charge in [-0.15, -0.1) is 37.2 Å². The zero-order chi connectivity index (χ0) is 25.9. The molecule has 0 unspecified atom stereocenters. The molecule has 1 aromatic carbocycles. The predicted molar refractivity (Wildman–Crippen MR) is 169 cm³/mol. The molecular weight excluding hydrogens is 587 g/mol. The minimum atomic E-state index is -0.231. The Kier molecular flexibility index (Phi) is 11.7. The highest BCUT2D eigenvalue weighted by Gasteiger charge is 2.19. The molecule has 3 aromatic heterocycles. The average Bonchev–Trinajstić information content (AvgIpc) is 3.39. The monoisotopic (exact) mass is 620 g/mol. The summed E-state index contributed by atoms with van der Waals surface area (Å²) in [5.74, 6) is 0.688. The molecule has 41 heavy (non-hydrogen) atoms. The molecule has 0 bridgehead atoms. The van der Waals surface area contributed by atoms with E-state index in [4.69, 9.17) is 10.5 Å². The number of hydrogen-bond acceptors (Lipinski definition) is 8. The van der Waals surface area contributed by atoms with Gasteiger partial charge in [0.25, 0.3) is 5.91 Å². The number of fused-ring (bicyclic) bond motifs is 1. The summed E-state index contributed by atoms with van der Waals surface area (Å²) in [6, 6.07) is 13.9. The van der Waals surface area contributed by atoms with E-state index in [2.05, 4.69) is 41.1 Å². The number of ether oxygens (including phenoxy) is 1. The van der Waals surface area contributed by atoms with Crippen LogP contribution in [0.4, 0.5) is 11.5 Å². The lowest BCUT2D eigenvalue weighted by molar-refractivity contribution is 0.102. The molecule has 0 aliphatic carbocycles. The summed E-state index contributed by atoms with van der Waals surface area (Å²) in [6.45, 7) is 5.70. The molecule has 2 saturated heterocycles. The first-order valence-corrected chi connectivity index (χ1v) is 13.1. The van der Waals surface area contributed by atoms with E-state index in [0.717, 1.165) is 79.2 Å². The molecule has 6 rings (SSSR count). The minimum Gasteiger partial charge on any atom is -0.378 e. The number of nitrogens with one attached hydrogen (secondary N) is 2. The van der Waals surface area contributed by atoms with Crippen molar-refractivity contribution in [1.82, 2.24) is 24.8 Å². The third-order valence-electron chi connectivity index (χ3n) is 7.17. The molecular formula is C28H35Cl3N8O2. The number of aromatic amines is 1. The summed E-state index contributed by atoms with van der Waals surface area (Å²) in [5.41, 5.74) is 11.0. The van der Waals surface area contributed by atoms with Gasteiger partial charge < -0.3 is 25.7 Å². The maximum absolute atomic E-state index is 12.9. The van der Waals surface area contributed by atoms with Crippen LogP contribution in [0.2, 0.25) is 0 Å². The molecule has 13 heteroatoms. The van der Waals surface area contributed by atoms with Gasteiger partial charge in [0.2, 0.25) is 0 Å². The first kappa shape index (κ1) is 32.5. The summed E-state index contributed by atoms with van der Waals surface area (Å²) in [4.78, 5) is 34.1. The number of anilines is 2. The van der Waals surface area contributed by atoms with Gasteiger partial charge in [0.15, 0.2) is 0 Å². The van der Waals surface area contributed by atoms with Crippen LogP contribution in [-0.2, 0) is 11.3 Å². The largest absolute Gasteiger partial charge is 0.378 e. The second-order valence-electron chi connectivity index (χ2n) is 9.96. The zero-order valence-electron chi connectivity index (χ0n) is 22.5. The highest BCUT2D eigenvalue weighted by atomic mass is 35.5. The molecule has 4 N–H and O–H groups in total. The van der Waals surface area contributed by atoms with Gasteiger partial charge in [0, 0.05) is 49.8 Å². The molecule has 5 heterocycles. The predicted octanol–water partition coefficient (Wildman–Crippen LogP) is 4.30. The maximum atomic E-state index is 12.9. The number of benzene rings is 1. The molecule has 220 valence electrons. The van der Waals surface area contributed by atoms with Crippen molar-refractivity contribution in [1.29, 1.82) is 0 Å². The molecule has 0 saturated carbocycles. The van der Waals surface area contributed by atoms with Crippen LogP contribution in [0.3, 0.4) is 0 Å². The number of amides is 1. The molecule has 0 radical (unpaired) electrons. The van der Waals surface area contributed by atoms with Gasteiger partial charge >= 0.3 is 0 Å². The summed E-state index contributed by atoms with van der Waals surface area (Å²) in [7, 11) is 0.